The Morgan fingerprint density at radius 1 is 1.32 bits per heavy atom. The number of non-ortho nitro benzene ring substituents is 1. The summed E-state index contributed by atoms with van der Waals surface area (Å²) in [6, 6.07) is 9.04. The van der Waals surface area contributed by atoms with Crippen LogP contribution in [0.4, 0.5) is 11.4 Å². The van der Waals surface area contributed by atoms with Crippen molar-refractivity contribution in [2.24, 2.45) is 4.99 Å². The Labute approximate surface area is 187 Å². The number of hydrogen-bond donors (Lipinski definition) is 1. The zero-order valence-electron chi connectivity index (χ0n) is 16.3. The number of carbonyl (C=O) groups excluding carboxylic acids is 1. The van der Waals surface area contributed by atoms with E-state index in [4.69, 9.17) is 27.5 Å². The molecule has 1 aliphatic heterocycles. The van der Waals surface area contributed by atoms with Crippen molar-refractivity contribution in [2.75, 3.05) is 13.2 Å². The van der Waals surface area contributed by atoms with E-state index in [9.17, 15) is 14.9 Å². The average molecular weight is 458 g/mol. The van der Waals surface area contributed by atoms with Gasteiger partial charge in [-0.1, -0.05) is 17.5 Å². The zero-order valence-corrected chi connectivity index (χ0v) is 17.8. The number of hydrogen-bond acceptors (Lipinski definition) is 7. The summed E-state index contributed by atoms with van der Waals surface area (Å²) in [7, 11) is 0. The lowest BCUT2D eigenvalue weighted by molar-refractivity contribution is -0.384. The molecule has 3 rings (SSSR count). The second-order valence-corrected chi connectivity index (χ2v) is 7.45. The molecule has 2 aromatic carbocycles. The van der Waals surface area contributed by atoms with Crippen molar-refractivity contribution in [1.29, 1.82) is 0 Å². The largest absolute Gasteiger partial charge is 0.490 e. The molecule has 0 unspecified atom stereocenters. The molecule has 2 aromatic rings. The predicted molar refractivity (Wildman–Crippen MR) is 121 cm³/mol. The summed E-state index contributed by atoms with van der Waals surface area (Å²) in [6.07, 6.45) is 6.89. The molecule has 158 valence electrons. The molecule has 1 amide bonds. The van der Waals surface area contributed by atoms with Gasteiger partial charge in [0, 0.05) is 12.1 Å². The smallest absolute Gasteiger partial charge is 0.269 e. The van der Waals surface area contributed by atoms with E-state index in [1.807, 2.05) is 6.92 Å². The first-order valence-corrected chi connectivity index (χ1v) is 10.2. The molecule has 0 aliphatic carbocycles. The van der Waals surface area contributed by atoms with Crippen LogP contribution in [-0.4, -0.2) is 29.2 Å². The predicted octanol–water partition coefficient (Wildman–Crippen LogP) is 4.55. The summed E-state index contributed by atoms with van der Waals surface area (Å²) in [4.78, 5) is 27.3. The van der Waals surface area contributed by atoms with Gasteiger partial charge in [-0.2, -0.15) is 0 Å². The second-order valence-electron chi connectivity index (χ2n) is 6.01. The number of benzene rings is 2. The third kappa shape index (κ3) is 5.57. The fourth-order valence-corrected chi connectivity index (χ4v) is 3.70. The first-order valence-electron chi connectivity index (χ1n) is 8.98. The number of nitrogens with zero attached hydrogens (tertiary/aromatic N) is 2. The Morgan fingerprint density at radius 3 is 2.71 bits per heavy atom. The van der Waals surface area contributed by atoms with Crippen LogP contribution in [0.15, 0.2) is 46.3 Å². The number of thioether (sulfide) groups is 1. The molecule has 1 saturated heterocycles. The molecule has 0 saturated carbocycles. The van der Waals surface area contributed by atoms with E-state index in [-0.39, 0.29) is 18.2 Å². The summed E-state index contributed by atoms with van der Waals surface area (Å²) >= 11 is 7.45. The van der Waals surface area contributed by atoms with E-state index in [0.717, 1.165) is 11.8 Å². The Balaban J connectivity index is 1.84. The summed E-state index contributed by atoms with van der Waals surface area (Å²) in [5.74, 6) is 2.80. The van der Waals surface area contributed by atoms with Gasteiger partial charge in [0.15, 0.2) is 16.7 Å². The number of terminal acetylenes is 1. The van der Waals surface area contributed by atoms with Crippen LogP contribution in [0.3, 0.4) is 0 Å². The normalized spacial score (nSPS) is 15.6. The first-order chi connectivity index (χ1) is 14.9. The summed E-state index contributed by atoms with van der Waals surface area (Å²) < 4.78 is 11.0. The minimum Gasteiger partial charge on any atom is -0.490 e. The highest BCUT2D eigenvalue weighted by molar-refractivity contribution is 8.18. The van der Waals surface area contributed by atoms with E-state index in [1.165, 1.54) is 24.3 Å². The minimum absolute atomic E-state index is 0.0377. The second kappa shape index (κ2) is 10.0. The van der Waals surface area contributed by atoms with Gasteiger partial charge >= 0.3 is 0 Å². The lowest BCUT2D eigenvalue weighted by Gasteiger charge is -2.13. The lowest BCUT2D eigenvalue weighted by atomic mass is 10.2. The molecule has 0 atom stereocenters. The molecular weight excluding hydrogens is 442 g/mol. The molecule has 0 spiro atoms. The molecule has 0 aromatic heterocycles. The van der Waals surface area contributed by atoms with Gasteiger partial charge in [0.05, 0.1) is 27.1 Å². The van der Waals surface area contributed by atoms with Gasteiger partial charge < -0.3 is 14.8 Å². The Hall–Kier alpha value is -3.48. The van der Waals surface area contributed by atoms with Crippen molar-refractivity contribution in [3.05, 3.63) is 62.0 Å². The van der Waals surface area contributed by atoms with Crippen molar-refractivity contribution in [1.82, 2.24) is 5.32 Å². The van der Waals surface area contributed by atoms with E-state index in [1.54, 1.807) is 18.2 Å². The number of ether oxygens (including phenoxy) is 2. The van der Waals surface area contributed by atoms with E-state index in [2.05, 4.69) is 16.2 Å². The zero-order chi connectivity index (χ0) is 22.4. The van der Waals surface area contributed by atoms with Gasteiger partial charge in [-0.15, -0.1) is 6.42 Å². The molecule has 0 bridgehead atoms. The van der Waals surface area contributed by atoms with Crippen molar-refractivity contribution >= 4 is 51.9 Å². The van der Waals surface area contributed by atoms with Crippen LogP contribution in [0.25, 0.3) is 6.08 Å². The monoisotopic (exact) mass is 457 g/mol. The number of nitro benzene ring substituents is 1. The molecule has 1 fully saturated rings. The third-order valence-electron chi connectivity index (χ3n) is 3.87. The third-order valence-corrected chi connectivity index (χ3v) is 5.06. The molecule has 1 aliphatic rings. The number of amidine groups is 1. The highest BCUT2D eigenvalue weighted by atomic mass is 35.5. The fraction of sp³-hybridized carbons (Fsp3) is 0.143. The Morgan fingerprint density at radius 2 is 2.06 bits per heavy atom. The van der Waals surface area contributed by atoms with Crippen LogP contribution < -0.4 is 14.8 Å². The number of nitrogens with one attached hydrogen (secondary N) is 1. The minimum atomic E-state index is -0.492. The number of amides is 1. The topological polar surface area (TPSA) is 103 Å². The maximum atomic E-state index is 12.3. The standard InChI is InChI=1S/C21H16ClN3O5S/c1-3-9-30-19-16(22)10-13(11-17(19)29-4-2)12-18-20(26)24-21(31-18)23-14-5-7-15(8-6-14)25(27)28/h1,5-8,10-12H,4,9H2,2H3,(H,23,24,26)/b18-12-. The van der Waals surface area contributed by atoms with Gasteiger partial charge in [-0.25, -0.2) is 4.99 Å². The highest BCUT2D eigenvalue weighted by Crippen LogP contribution is 2.38. The molecule has 31 heavy (non-hydrogen) atoms. The van der Waals surface area contributed by atoms with Crippen LogP contribution in [-0.2, 0) is 4.79 Å². The molecule has 10 heteroatoms. The molecule has 8 nitrogen and oxygen atoms in total. The van der Waals surface area contributed by atoms with Gasteiger partial charge in [0.25, 0.3) is 11.6 Å². The van der Waals surface area contributed by atoms with Crippen LogP contribution in [0.5, 0.6) is 11.5 Å². The van der Waals surface area contributed by atoms with E-state index < -0.39 is 4.92 Å². The molecule has 1 N–H and O–H groups in total. The average Bonchev–Trinajstić information content (AvgIpc) is 3.06. The fourth-order valence-electron chi connectivity index (χ4n) is 2.59. The van der Waals surface area contributed by atoms with Crippen molar-refractivity contribution in [3.8, 4) is 23.8 Å². The SMILES string of the molecule is C#CCOc1c(Cl)cc(/C=C2\SC(=Nc3ccc([N+](=O)[O-])cc3)NC2=O)cc1OCC. The first kappa shape index (κ1) is 22.2. The van der Waals surface area contributed by atoms with Gasteiger partial charge in [0.1, 0.15) is 6.61 Å². The highest BCUT2D eigenvalue weighted by Gasteiger charge is 2.24. The maximum Gasteiger partial charge on any atom is 0.269 e. The quantitative estimate of drug-likeness (QED) is 0.283. The van der Waals surface area contributed by atoms with Gasteiger partial charge in [-0.3, -0.25) is 14.9 Å². The summed E-state index contributed by atoms with van der Waals surface area (Å²) in [6.45, 7) is 2.26. The Bertz CT molecular complexity index is 1120. The van der Waals surface area contributed by atoms with Crippen LogP contribution >= 0.6 is 23.4 Å². The van der Waals surface area contributed by atoms with E-state index >= 15 is 0 Å². The number of carbonyl (C=O) groups is 1. The van der Waals surface area contributed by atoms with Gasteiger partial charge in [-0.05, 0) is 54.6 Å². The number of aliphatic imine (C=N–C) groups is 1. The number of nitro groups is 1. The number of rotatable bonds is 7. The molecular formula is C21H16ClN3O5S. The summed E-state index contributed by atoms with van der Waals surface area (Å²) in [5, 5.41) is 14.1. The van der Waals surface area contributed by atoms with Crippen molar-refractivity contribution in [3.63, 3.8) is 0 Å². The maximum absolute atomic E-state index is 12.3. The van der Waals surface area contributed by atoms with Gasteiger partial charge in [0.2, 0.25) is 0 Å². The number of halogens is 1. The van der Waals surface area contributed by atoms with Crippen molar-refractivity contribution < 1.29 is 19.2 Å². The van der Waals surface area contributed by atoms with Crippen LogP contribution in [0, 0.1) is 22.5 Å². The van der Waals surface area contributed by atoms with Crippen LogP contribution in [0.1, 0.15) is 12.5 Å². The summed E-state index contributed by atoms with van der Waals surface area (Å²) in [5.41, 5.74) is 1.08. The van der Waals surface area contributed by atoms with Crippen molar-refractivity contribution in [2.45, 2.75) is 6.92 Å². The lowest BCUT2D eigenvalue weighted by Crippen LogP contribution is -2.19. The molecule has 0 radical (unpaired) electrons. The van der Waals surface area contributed by atoms with Crippen LogP contribution in [0.2, 0.25) is 5.02 Å². The Kier molecular flexibility index (Phi) is 7.18. The molecule has 1 heterocycles. The van der Waals surface area contributed by atoms with E-state index in [0.29, 0.717) is 44.5 Å².